The highest BCUT2D eigenvalue weighted by molar-refractivity contribution is 7.99. The van der Waals surface area contributed by atoms with Gasteiger partial charge in [0, 0.05) is 11.4 Å². The molecule has 0 aromatic carbocycles. The van der Waals surface area contributed by atoms with Gasteiger partial charge in [0.15, 0.2) is 5.65 Å². The molecular formula is C7H6N4S. The van der Waals surface area contributed by atoms with Gasteiger partial charge >= 0.3 is 0 Å². The summed E-state index contributed by atoms with van der Waals surface area (Å²) >= 11 is 1.77. The molecule has 0 saturated carbocycles. The molecular weight excluding hydrogens is 172 g/mol. The third-order valence-electron chi connectivity index (χ3n) is 1.98. The molecule has 12 heavy (non-hydrogen) atoms. The molecule has 1 N–H and O–H groups in total. The van der Waals surface area contributed by atoms with Crippen LogP contribution in [0.15, 0.2) is 11.4 Å². The molecule has 2 aromatic rings. The highest BCUT2D eigenvalue weighted by Crippen LogP contribution is 2.31. The van der Waals surface area contributed by atoms with Gasteiger partial charge in [-0.05, 0) is 6.42 Å². The van der Waals surface area contributed by atoms with Crippen molar-refractivity contribution in [2.75, 3.05) is 5.75 Å². The maximum absolute atomic E-state index is 4.20. The molecule has 0 spiro atoms. The van der Waals surface area contributed by atoms with E-state index in [9.17, 15) is 0 Å². The summed E-state index contributed by atoms with van der Waals surface area (Å²) in [5.74, 6) is 1.08. The summed E-state index contributed by atoms with van der Waals surface area (Å²) < 4.78 is 0. The van der Waals surface area contributed by atoms with Crippen LogP contribution in [0.3, 0.4) is 0 Å². The molecule has 4 nitrogen and oxygen atoms in total. The second-order valence-corrected chi connectivity index (χ2v) is 3.76. The van der Waals surface area contributed by atoms with E-state index < -0.39 is 0 Å². The summed E-state index contributed by atoms with van der Waals surface area (Å²) in [4.78, 5) is 8.28. The lowest BCUT2D eigenvalue weighted by atomic mass is 10.2. The first kappa shape index (κ1) is 6.42. The van der Waals surface area contributed by atoms with Gasteiger partial charge < -0.3 is 0 Å². The quantitative estimate of drug-likeness (QED) is 0.611. The predicted molar refractivity (Wildman–Crippen MR) is 46.1 cm³/mol. The number of aromatic amines is 1. The Balaban J connectivity index is 2.50. The van der Waals surface area contributed by atoms with Gasteiger partial charge in [-0.25, -0.2) is 9.97 Å². The van der Waals surface area contributed by atoms with Gasteiger partial charge in [0.1, 0.15) is 11.4 Å². The normalized spacial score (nSPS) is 15.3. The minimum Gasteiger partial charge on any atom is -0.280 e. The minimum absolute atomic E-state index is 0.794. The van der Waals surface area contributed by atoms with E-state index in [1.54, 1.807) is 18.1 Å². The number of hydrogen-bond donors (Lipinski definition) is 1. The fourth-order valence-corrected chi connectivity index (χ4v) is 2.41. The van der Waals surface area contributed by atoms with Crippen molar-refractivity contribution in [3.63, 3.8) is 0 Å². The second-order valence-electron chi connectivity index (χ2n) is 2.68. The molecule has 3 heterocycles. The van der Waals surface area contributed by atoms with Gasteiger partial charge in [-0.15, -0.1) is 11.8 Å². The van der Waals surface area contributed by atoms with Gasteiger partial charge in [-0.3, -0.25) is 5.10 Å². The fourth-order valence-electron chi connectivity index (χ4n) is 1.43. The van der Waals surface area contributed by atoms with E-state index in [0.29, 0.717) is 0 Å². The standard InChI is InChI=1S/C7H6N4S/c1-2-12-7-5-4(1)10-11-6(5)8-3-9-7/h3H,1-2H2,(H,8,9,10,11). The molecule has 0 unspecified atom stereocenters. The molecule has 0 saturated heterocycles. The first-order chi connectivity index (χ1) is 5.95. The number of rotatable bonds is 0. The van der Waals surface area contributed by atoms with Gasteiger partial charge in [-0.1, -0.05) is 0 Å². The molecule has 0 fully saturated rings. The van der Waals surface area contributed by atoms with Crippen molar-refractivity contribution < 1.29 is 0 Å². The van der Waals surface area contributed by atoms with E-state index in [-0.39, 0.29) is 0 Å². The third-order valence-corrected chi connectivity index (χ3v) is 2.97. The maximum atomic E-state index is 4.20. The van der Waals surface area contributed by atoms with Crippen LogP contribution in [0, 0.1) is 0 Å². The van der Waals surface area contributed by atoms with Crippen LogP contribution in [-0.4, -0.2) is 25.9 Å². The van der Waals surface area contributed by atoms with Crippen LogP contribution in [0.5, 0.6) is 0 Å². The Hall–Kier alpha value is -1.10. The van der Waals surface area contributed by atoms with Gasteiger partial charge in [0.05, 0.1) is 5.39 Å². The zero-order valence-electron chi connectivity index (χ0n) is 6.24. The van der Waals surface area contributed by atoms with Crippen LogP contribution in [0.4, 0.5) is 0 Å². The molecule has 60 valence electrons. The summed E-state index contributed by atoms with van der Waals surface area (Å²) in [5, 5.41) is 9.27. The van der Waals surface area contributed by atoms with Crippen LogP contribution in [-0.2, 0) is 6.42 Å². The summed E-state index contributed by atoms with van der Waals surface area (Å²) in [7, 11) is 0. The Labute approximate surface area is 72.8 Å². The van der Waals surface area contributed by atoms with Gasteiger partial charge in [-0.2, -0.15) is 5.10 Å². The first-order valence-corrected chi connectivity index (χ1v) is 4.74. The van der Waals surface area contributed by atoms with E-state index in [4.69, 9.17) is 0 Å². The van der Waals surface area contributed by atoms with Crippen molar-refractivity contribution in [2.45, 2.75) is 11.4 Å². The Kier molecular flexibility index (Phi) is 1.17. The summed E-state index contributed by atoms with van der Waals surface area (Å²) in [6.45, 7) is 0. The van der Waals surface area contributed by atoms with E-state index in [2.05, 4.69) is 20.2 Å². The van der Waals surface area contributed by atoms with Crippen molar-refractivity contribution in [1.29, 1.82) is 0 Å². The smallest absolute Gasteiger partial charge is 0.185 e. The molecule has 0 aliphatic carbocycles. The molecule has 1 aliphatic rings. The highest BCUT2D eigenvalue weighted by atomic mass is 32.2. The number of hydrogen-bond acceptors (Lipinski definition) is 4. The predicted octanol–water partition coefficient (Wildman–Crippen LogP) is 1.00. The third kappa shape index (κ3) is 0.714. The summed E-state index contributed by atoms with van der Waals surface area (Å²) in [6, 6.07) is 0. The molecule has 3 rings (SSSR count). The van der Waals surface area contributed by atoms with Crippen LogP contribution >= 0.6 is 11.8 Å². The van der Waals surface area contributed by atoms with Crippen molar-refractivity contribution in [3.8, 4) is 0 Å². The lowest BCUT2D eigenvalue weighted by molar-refractivity contribution is 0.982. The molecule has 0 amide bonds. The largest absolute Gasteiger partial charge is 0.280 e. The molecule has 5 heteroatoms. The molecule has 0 bridgehead atoms. The average molecular weight is 178 g/mol. The monoisotopic (exact) mass is 178 g/mol. The van der Waals surface area contributed by atoms with Gasteiger partial charge in [0.2, 0.25) is 0 Å². The molecule has 1 aliphatic heterocycles. The van der Waals surface area contributed by atoms with Crippen LogP contribution < -0.4 is 0 Å². The summed E-state index contributed by atoms with van der Waals surface area (Å²) in [5.41, 5.74) is 1.97. The second kappa shape index (κ2) is 2.20. The minimum atomic E-state index is 0.794. The lowest BCUT2D eigenvalue weighted by Crippen LogP contribution is -1.98. The highest BCUT2D eigenvalue weighted by Gasteiger charge is 2.16. The SMILES string of the molecule is c1nc2c3c([nH]nc3n1)CCS2. The van der Waals surface area contributed by atoms with Crippen LogP contribution in [0.2, 0.25) is 0 Å². The number of thioether (sulfide) groups is 1. The van der Waals surface area contributed by atoms with E-state index in [1.807, 2.05) is 0 Å². The van der Waals surface area contributed by atoms with Crippen molar-refractivity contribution in [1.82, 2.24) is 20.2 Å². The maximum Gasteiger partial charge on any atom is 0.185 e. The lowest BCUT2D eigenvalue weighted by Gasteiger charge is -2.07. The van der Waals surface area contributed by atoms with E-state index >= 15 is 0 Å². The van der Waals surface area contributed by atoms with E-state index in [0.717, 1.165) is 28.2 Å². The number of H-pyrrole nitrogens is 1. The first-order valence-electron chi connectivity index (χ1n) is 3.76. The van der Waals surface area contributed by atoms with Crippen molar-refractivity contribution in [3.05, 3.63) is 12.0 Å². The van der Waals surface area contributed by atoms with Crippen molar-refractivity contribution in [2.24, 2.45) is 0 Å². The Morgan fingerprint density at radius 1 is 1.42 bits per heavy atom. The van der Waals surface area contributed by atoms with Crippen molar-refractivity contribution >= 4 is 22.8 Å². The van der Waals surface area contributed by atoms with Crippen LogP contribution in [0.1, 0.15) is 5.69 Å². The average Bonchev–Trinajstić information content (AvgIpc) is 2.52. The number of aromatic nitrogens is 4. The molecule has 0 radical (unpaired) electrons. The van der Waals surface area contributed by atoms with Gasteiger partial charge in [0.25, 0.3) is 0 Å². The summed E-state index contributed by atoms with van der Waals surface area (Å²) in [6.07, 6.45) is 2.61. The number of nitrogens with one attached hydrogen (secondary N) is 1. The number of nitrogens with zero attached hydrogens (tertiary/aromatic N) is 3. The Morgan fingerprint density at radius 3 is 3.42 bits per heavy atom. The Morgan fingerprint density at radius 2 is 2.42 bits per heavy atom. The topological polar surface area (TPSA) is 54.5 Å². The number of aryl methyl sites for hydroxylation is 1. The van der Waals surface area contributed by atoms with E-state index in [1.165, 1.54) is 5.69 Å². The van der Waals surface area contributed by atoms with Crippen LogP contribution in [0.25, 0.3) is 11.0 Å². The molecule has 2 aromatic heterocycles. The fraction of sp³-hybridized carbons (Fsp3) is 0.286. The Bertz CT molecular complexity index is 436. The zero-order valence-corrected chi connectivity index (χ0v) is 7.06. The molecule has 0 atom stereocenters. The zero-order chi connectivity index (χ0) is 7.97.